The second-order valence-electron chi connectivity index (χ2n) is 5.94. The van der Waals surface area contributed by atoms with Crippen molar-refractivity contribution in [2.45, 2.75) is 6.10 Å². The lowest BCUT2D eigenvalue weighted by molar-refractivity contribution is 0.0273. The normalized spacial score (nSPS) is 15.4. The van der Waals surface area contributed by atoms with Crippen molar-refractivity contribution in [2.75, 3.05) is 0 Å². The third-order valence-electron chi connectivity index (χ3n) is 3.96. The molecule has 4 rings (SSSR count). The van der Waals surface area contributed by atoms with E-state index in [-0.39, 0.29) is 11.8 Å². The minimum atomic E-state index is -1.09. The summed E-state index contributed by atoms with van der Waals surface area (Å²) < 4.78 is 11.4. The molecular weight excluding hydrogens is 360 g/mol. The molecule has 0 aliphatic carbocycles. The molecule has 3 aromatic rings. The number of aromatic nitrogens is 1. The Hall–Kier alpha value is -3.84. The molecule has 0 fully saturated rings. The lowest BCUT2D eigenvalue weighted by atomic mass is 10.1. The van der Waals surface area contributed by atoms with Crippen molar-refractivity contribution in [3.05, 3.63) is 96.1 Å². The summed E-state index contributed by atoms with van der Waals surface area (Å²) in [5.41, 5.74) is 3.58. The van der Waals surface area contributed by atoms with Crippen LogP contribution in [-0.4, -0.2) is 16.1 Å². The number of carboxylic acids is 1. The first kappa shape index (κ1) is 17.6. The molecule has 1 aromatic heterocycles. The van der Waals surface area contributed by atoms with Crippen LogP contribution < -0.4 is 15.0 Å². The van der Waals surface area contributed by atoms with Gasteiger partial charge in [-0.3, -0.25) is 4.84 Å². The highest BCUT2D eigenvalue weighted by atomic mass is 16.7. The molecule has 2 heterocycles. The van der Waals surface area contributed by atoms with Gasteiger partial charge < -0.3 is 14.6 Å². The van der Waals surface area contributed by atoms with Crippen molar-refractivity contribution in [3.63, 3.8) is 0 Å². The maximum Gasteiger partial charge on any atom is 0.354 e. The molecular formula is C21H16N2O5. The maximum atomic E-state index is 10.8. The van der Waals surface area contributed by atoms with Gasteiger partial charge in [0, 0.05) is 6.08 Å². The molecule has 140 valence electrons. The van der Waals surface area contributed by atoms with Crippen molar-refractivity contribution in [1.82, 2.24) is 10.5 Å². The Balaban J connectivity index is 1.40. The lowest BCUT2D eigenvalue weighted by Crippen LogP contribution is -2.12. The highest BCUT2D eigenvalue weighted by Crippen LogP contribution is 2.28. The second kappa shape index (κ2) is 7.81. The van der Waals surface area contributed by atoms with Gasteiger partial charge in [-0.2, -0.15) is 0 Å². The topological polar surface area (TPSA) is 89.9 Å². The zero-order chi connectivity index (χ0) is 19.3. The van der Waals surface area contributed by atoms with Gasteiger partial charge in [0.25, 0.3) is 0 Å². The molecule has 1 atom stereocenters. The molecule has 7 nitrogen and oxygen atoms in total. The van der Waals surface area contributed by atoms with Gasteiger partial charge in [0.15, 0.2) is 0 Å². The molecule has 1 unspecified atom stereocenters. The van der Waals surface area contributed by atoms with Gasteiger partial charge in [-0.15, -0.1) is 0 Å². The monoisotopic (exact) mass is 376 g/mol. The van der Waals surface area contributed by atoms with Crippen molar-refractivity contribution in [3.8, 4) is 17.2 Å². The Kier molecular flexibility index (Phi) is 4.90. The molecule has 0 spiro atoms. The number of hydrogen-bond donors (Lipinski definition) is 2. The van der Waals surface area contributed by atoms with Crippen LogP contribution in [0.15, 0.2) is 84.9 Å². The zero-order valence-corrected chi connectivity index (χ0v) is 14.6. The number of carboxylic acid groups (broad SMARTS) is 1. The molecule has 0 radical (unpaired) electrons. The van der Waals surface area contributed by atoms with E-state index in [0.29, 0.717) is 11.6 Å². The molecule has 0 saturated carbocycles. The van der Waals surface area contributed by atoms with Gasteiger partial charge in [-0.1, -0.05) is 30.3 Å². The van der Waals surface area contributed by atoms with Crippen LogP contribution in [0.4, 0.5) is 0 Å². The number of carbonyl (C=O) groups is 1. The van der Waals surface area contributed by atoms with Gasteiger partial charge in [0.05, 0.1) is 6.20 Å². The van der Waals surface area contributed by atoms with E-state index in [2.05, 4.69) is 10.5 Å². The summed E-state index contributed by atoms with van der Waals surface area (Å²) in [4.78, 5) is 20.2. The van der Waals surface area contributed by atoms with Crippen molar-refractivity contribution < 1.29 is 24.2 Å². The fraction of sp³-hybridized carbons (Fsp3) is 0.0476. The van der Waals surface area contributed by atoms with Crippen LogP contribution in [0.25, 0.3) is 0 Å². The van der Waals surface area contributed by atoms with Crippen LogP contribution in [0.5, 0.6) is 17.2 Å². The lowest BCUT2D eigenvalue weighted by Gasteiger charge is -2.09. The third-order valence-corrected chi connectivity index (χ3v) is 3.96. The number of rotatable bonds is 6. The van der Waals surface area contributed by atoms with E-state index in [0.717, 1.165) is 17.1 Å². The number of nitrogens with one attached hydrogen (secondary N) is 1. The Morgan fingerprint density at radius 2 is 1.64 bits per heavy atom. The highest BCUT2D eigenvalue weighted by molar-refractivity contribution is 5.85. The fourth-order valence-corrected chi connectivity index (χ4v) is 2.59. The minimum Gasteiger partial charge on any atom is -0.477 e. The summed E-state index contributed by atoms with van der Waals surface area (Å²) in [6, 6.07) is 20.0. The van der Waals surface area contributed by atoms with Crippen LogP contribution >= 0.6 is 0 Å². The Bertz CT molecular complexity index is 986. The summed E-state index contributed by atoms with van der Waals surface area (Å²) >= 11 is 0. The van der Waals surface area contributed by atoms with Crippen LogP contribution in [0.1, 0.15) is 22.2 Å². The molecule has 1 aliphatic heterocycles. The summed E-state index contributed by atoms with van der Waals surface area (Å²) in [5.74, 6) is 1.21. The van der Waals surface area contributed by atoms with Gasteiger partial charge in [-0.25, -0.2) is 15.3 Å². The third kappa shape index (κ3) is 4.11. The number of hydrogen-bond acceptors (Lipinski definition) is 6. The molecule has 0 amide bonds. The quantitative estimate of drug-likeness (QED) is 0.670. The molecule has 28 heavy (non-hydrogen) atoms. The van der Waals surface area contributed by atoms with E-state index in [1.165, 1.54) is 18.3 Å². The van der Waals surface area contributed by atoms with Crippen molar-refractivity contribution >= 4 is 5.97 Å². The van der Waals surface area contributed by atoms with Crippen molar-refractivity contribution in [2.24, 2.45) is 0 Å². The molecule has 0 bridgehead atoms. The van der Waals surface area contributed by atoms with Gasteiger partial charge >= 0.3 is 5.97 Å². The van der Waals surface area contributed by atoms with Gasteiger partial charge in [0.1, 0.15) is 29.0 Å². The number of pyridine rings is 1. The molecule has 7 heteroatoms. The number of aromatic carboxylic acids is 1. The largest absolute Gasteiger partial charge is 0.477 e. The smallest absolute Gasteiger partial charge is 0.354 e. The average molecular weight is 376 g/mol. The van der Waals surface area contributed by atoms with Gasteiger partial charge in [0.2, 0.25) is 5.88 Å². The predicted molar refractivity (Wildman–Crippen MR) is 99.8 cm³/mol. The first-order chi connectivity index (χ1) is 13.7. The van der Waals surface area contributed by atoms with E-state index < -0.39 is 5.97 Å². The molecule has 1 aliphatic rings. The second-order valence-corrected chi connectivity index (χ2v) is 5.94. The van der Waals surface area contributed by atoms with Crippen LogP contribution in [0.2, 0.25) is 0 Å². The predicted octanol–water partition coefficient (Wildman–Crippen LogP) is 4.07. The number of ether oxygens (including phenoxy) is 2. The van der Waals surface area contributed by atoms with E-state index in [4.69, 9.17) is 19.4 Å². The standard InChI is InChI=1S/C21H16N2O5/c24-21(25)18-11-10-17(13-22-18)27-20-12-19(28-23-20)14-6-8-16(9-7-14)26-15-4-2-1-3-5-15/h1-13,19,23H,(H,24,25). The summed E-state index contributed by atoms with van der Waals surface area (Å²) in [6.45, 7) is 0. The summed E-state index contributed by atoms with van der Waals surface area (Å²) in [7, 11) is 0. The Labute approximate surface area is 160 Å². The number of benzene rings is 2. The van der Waals surface area contributed by atoms with Gasteiger partial charge in [-0.05, 0) is 42.0 Å². The van der Waals surface area contributed by atoms with Crippen LogP contribution in [0, 0.1) is 0 Å². The highest BCUT2D eigenvalue weighted by Gasteiger charge is 2.20. The van der Waals surface area contributed by atoms with E-state index >= 15 is 0 Å². The summed E-state index contributed by atoms with van der Waals surface area (Å²) in [5, 5.41) is 8.87. The Morgan fingerprint density at radius 1 is 0.929 bits per heavy atom. The number of para-hydroxylation sites is 1. The molecule has 0 saturated heterocycles. The first-order valence-electron chi connectivity index (χ1n) is 8.51. The zero-order valence-electron chi connectivity index (χ0n) is 14.6. The fourth-order valence-electron chi connectivity index (χ4n) is 2.59. The maximum absolute atomic E-state index is 10.8. The van der Waals surface area contributed by atoms with E-state index in [1.807, 2.05) is 54.6 Å². The van der Waals surface area contributed by atoms with Crippen LogP contribution in [-0.2, 0) is 4.84 Å². The van der Waals surface area contributed by atoms with E-state index in [1.54, 1.807) is 6.08 Å². The van der Waals surface area contributed by atoms with Crippen molar-refractivity contribution in [1.29, 1.82) is 0 Å². The number of nitrogens with zero attached hydrogens (tertiary/aromatic N) is 1. The number of hydroxylamine groups is 1. The molecule has 2 aromatic carbocycles. The Morgan fingerprint density at radius 3 is 2.32 bits per heavy atom. The van der Waals surface area contributed by atoms with Crippen LogP contribution in [0.3, 0.4) is 0 Å². The summed E-state index contributed by atoms with van der Waals surface area (Å²) in [6.07, 6.45) is 2.79. The average Bonchev–Trinajstić information content (AvgIpc) is 3.18. The SMILES string of the molecule is O=C(O)c1ccc(OC2=CC(c3ccc(Oc4ccccc4)cc3)ON2)cn1. The van der Waals surface area contributed by atoms with E-state index in [9.17, 15) is 4.79 Å². The minimum absolute atomic E-state index is 0.0485. The first-order valence-corrected chi connectivity index (χ1v) is 8.51. The molecule has 2 N–H and O–H groups in total.